The highest BCUT2D eigenvalue weighted by molar-refractivity contribution is 5.99. The SMILES string of the molecule is CC(/C=N/NC(=O)c1nnn(-c2nonc2N)c1-c1ccc([N+](=O)[O-])cc1)=C\c1ccco1. The standard InChI is InChI=1S/C19H15N9O5/c1-11(9-14-3-2-8-32-14)10-21-23-19(29)15-16(12-4-6-13(7-5-12)28(30)31)27(26-22-15)18-17(20)24-33-25-18/h2-10H,1H3,(H2,20,24)(H,23,29)/b11-9+,21-10+. The van der Waals surface area contributed by atoms with Crippen LogP contribution in [0.3, 0.4) is 0 Å². The molecule has 3 heterocycles. The number of carbonyl (C=O) groups excluding carboxylic acids is 1. The predicted molar refractivity (Wildman–Crippen MR) is 114 cm³/mol. The Kier molecular flexibility index (Phi) is 5.71. The first kappa shape index (κ1) is 21.1. The number of nitrogens with zero attached hydrogens (tertiary/aromatic N) is 7. The quantitative estimate of drug-likeness (QED) is 0.240. The van der Waals surface area contributed by atoms with Crippen molar-refractivity contribution in [3.63, 3.8) is 0 Å². The summed E-state index contributed by atoms with van der Waals surface area (Å²) in [7, 11) is 0. The van der Waals surface area contributed by atoms with Crippen molar-refractivity contribution in [3.05, 3.63) is 69.8 Å². The second-order valence-electron chi connectivity index (χ2n) is 6.58. The number of carbonyl (C=O) groups is 1. The van der Waals surface area contributed by atoms with E-state index in [9.17, 15) is 14.9 Å². The van der Waals surface area contributed by atoms with Crippen LogP contribution in [0.1, 0.15) is 23.2 Å². The molecule has 166 valence electrons. The highest BCUT2D eigenvalue weighted by atomic mass is 16.6. The van der Waals surface area contributed by atoms with Crippen LogP contribution >= 0.6 is 0 Å². The molecular weight excluding hydrogens is 434 g/mol. The molecule has 1 aromatic carbocycles. The number of nitrogen functional groups attached to an aromatic ring is 1. The first-order valence-electron chi connectivity index (χ1n) is 9.28. The summed E-state index contributed by atoms with van der Waals surface area (Å²) < 4.78 is 11.0. The Labute approximate surface area is 184 Å². The fraction of sp³-hybridized carbons (Fsp3) is 0.0526. The Balaban J connectivity index is 1.65. The van der Waals surface area contributed by atoms with E-state index in [1.807, 2.05) is 0 Å². The van der Waals surface area contributed by atoms with Gasteiger partial charge in [-0.05, 0) is 53.2 Å². The van der Waals surface area contributed by atoms with Gasteiger partial charge in [0.25, 0.3) is 11.6 Å². The van der Waals surface area contributed by atoms with Gasteiger partial charge in [0.05, 0.1) is 17.4 Å². The van der Waals surface area contributed by atoms with Crippen LogP contribution in [0.2, 0.25) is 0 Å². The van der Waals surface area contributed by atoms with E-state index in [2.05, 4.69) is 35.8 Å². The average molecular weight is 449 g/mol. The molecule has 3 N–H and O–H groups in total. The van der Waals surface area contributed by atoms with E-state index in [0.29, 0.717) is 16.9 Å². The van der Waals surface area contributed by atoms with Crippen LogP contribution in [-0.2, 0) is 0 Å². The molecule has 0 bridgehead atoms. The van der Waals surface area contributed by atoms with Gasteiger partial charge < -0.3 is 10.2 Å². The number of nitrogens with two attached hydrogens (primary N) is 1. The Morgan fingerprint density at radius 3 is 2.70 bits per heavy atom. The van der Waals surface area contributed by atoms with Crippen molar-refractivity contribution in [1.29, 1.82) is 0 Å². The molecule has 14 heteroatoms. The Morgan fingerprint density at radius 1 is 1.27 bits per heavy atom. The summed E-state index contributed by atoms with van der Waals surface area (Å²) in [6.45, 7) is 1.77. The third kappa shape index (κ3) is 4.48. The van der Waals surface area contributed by atoms with Gasteiger partial charge in [-0.1, -0.05) is 5.21 Å². The van der Waals surface area contributed by atoms with E-state index in [0.717, 1.165) is 4.68 Å². The Morgan fingerprint density at radius 2 is 2.06 bits per heavy atom. The van der Waals surface area contributed by atoms with E-state index in [4.69, 9.17) is 10.2 Å². The van der Waals surface area contributed by atoms with Crippen molar-refractivity contribution in [2.45, 2.75) is 6.92 Å². The maximum atomic E-state index is 12.8. The third-order valence-corrected chi connectivity index (χ3v) is 4.28. The summed E-state index contributed by atoms with van der Waals surface area (Å²) in [5.41, 5.74) is 9.12. The number of amides is 1. The number of hydrazone groups is 1. The molecule has 0 fully saturated rings. The average Bonchev–Trinajstić information content (AvgIpc) is 3.54. The minimum absolute atomic E-state index is 0.00405. The largest absolute Gasteiger partial charge is 0.465 e. The summed E-state index contributed by atoms with van der Waals surface area (Å²) in [5, 5.41) is 29.9. The van der Waals surface area contributed by atoms with Gasteiger partial charge in [-0.25, -0.2) is 10.1 Å². The predicted octanol–water partition coefficient (Wildman–Crippen LogP) is 2.22. The van der Waals surface area contributed by atoms with Crippen LogP contribution in [-0.4, -0.2) is 42.4 Å². The fourth-order valence-electron chi connectivity index (χ4n) is 2.80. The number of non-ortho nitro benzene ring substituents is 1. The van der Waals surface area contributed by atoms with Crippen molar-refractivity contribution in [1.82, 2.24) is 30.7 Å². The van der Waals surface area contributed by atoms with Crippen LogP contribution in [0.5, 0.6) is 0 Å². The van der Waals surface area contributed by atoms with Crippen molar-refractivity contribution in [2.24, 2.45) is 5.10 Å². The smallest absolute Gasteiger partial charge is 0.294 e. The van der Waals surface area contributed by atoms with E-state index in [1.54, 1.807) is 25.1 Å². The number of benzene rings is 1. The van der Waals surface area contributed by atoms with Crippen LogP contribution in [0.4, 0.5) is 11.5 Å². The third-order valence-electron chi connectivity index (χ3n) is 4.28. The molecule has 0 spiro atoms. The van der Waals surface area contributed by atoms with Crippen molar-refractivity contribution in [2.75, 3.05) is 5.73 Å². The molecule has 3 aromatic heterocycles. The van der Waals surface area contributed by atoms with E-state index < -0.39 is 10.8 Å². The zero-order valence-electron chi connectivity index (χ0n) is 16.9. The Hall–Kier alpha value is -5.14. The molecule has 0 aliphatic heterocycles. The summed E-state index contributed by atoms with van der Waals surface area (Å²) >= 11 is 0. The summed E-state index contributed by atoms with van der Waals surface area (Å²) in [4.78, 5) is 23.2. The molecule has 4 aromatic rings. The lowest BCUT2D eigenvalue weighted by Gasteiger charge is -2.05. The van der Waals surface area contributed by atoms with Gasteiger partial charge in [0.15, 0.2) is 5.69 Å². The highest BCUT2D eigenvalue weighted by Crippen LogP contribution is 2.28. The van der Waals surface area contributed by atoms with Gasteiger partial charge in [-0.15, -0.1) is 5.10 Å². The summed E-state index contributed by atoms with van der Waals surface area (Å²) in [5.74, 6) is -0.151. The molecule has 33 heavy (non-hydrogen) atoms. The molecule has 0 saturated heterocycles. The van der Waals surface area contributed by atoms with Crippen molar-refractivity contribution in [3.8, 4) is 17.1 Å². The molecule has 0 unspecified atom stereocenters. The second kappa shape index (κ2) is 8.93. The van der Waals surface area contributed by atoms with Gasteiger partial charge in [-0.3, -0.25) is 14.9 Å². The van der Waals surface area contributed by atoms with Crippen molar-refractivity contribution < 1.29 is 18.8 Å². The normalized spacial score (nSPS) is 11.7. The molecule has 0 atom stereocenters. The molecule has 1 amide bonds. The number of allylic oxidation sites excluding steroid dienone is 1. The molecule has 0 aliphatic rings. The lowest BCUT2D eigenvalue weighted by atomic mass is 10.1. The number of furan rings is 1. The number of nitrogens with one attached hydrogen (secondary N) is 1. The summed E-state index contributed by atoms with van der Waals surface area (Å²) in [6, 6.07) is 8.95. The minimum Gasteiger partial charge on any atom is -0.465 e. The maximum absolute atomic E-state index is 12.8. The lowest BCUT2D eigenvalue weighted by Crippen LogP contribution is -2.19. The van der Waals surface area contributed by atoms with Crippen LogP contribution in [0, 0.1) is 10.1 Å². The van der Waals surface area contributed by atoms with Crippen LogP contribution in [0.15, 0.2) is 62.4 Å². The fourth-order valence-corrected chi connectivity index (χ4v) is 2.80. The van der Waals surface area contributed by atoms with Gasteiger partial charge in [-0.2, -0.15) is 9.78 Å². The van der Waals surface area contributed by atoms with E-state index in [-0.39, 0.29) is 28.7 Å². The molecule has 0 aliphatic carbocycles. The van der Waals surface area contributed by atoms with Gasteiger partial charge in [0.2, 0.25) is 11.6 Å². The topological polar surface area (TPSA) is 193 Å². The number of anilines is 1. The number of aromatic nitrogens is 5. The van der Waals surface area contributed by atoms with Gasteiger partial charge in [0.1, 0.15) is 11.5 Å². The first-order chi connectivity index (χ1) is 15.9. The number of rotatable bonds is 7. The summed E-state index contributed by atoms with van der Waals surface area (Å²) in [6.07, 6.45) is 4.70. The zero-order valence-corrected chi connectivity index (χ0v) is 16.9. The number of hydrogen-bond donors (Lipinski definition) is 2. The monoisotopic (exact) mass is 449 g/mol. The maximum Gasteiger partial charge on any atom is 0.294 e. The van der Waals surface area contributed by atoms with Crippen molar-refractivity contribution >= 4 is 29.7 Å². The van der Waals surface area contributed by atoms with Gasteiger partial charge in [0, 0.05) is 17.7 Å². The number of hydrogen-bond acceptors (Lipinski definition) is 11. The lowest BCUT2D eigenvalue weighted by molar-refractivity contribution is -0.384. The number of nitro benzene ring substituents is 1. The second-order valence-corrected chi connectivity index (χ2v) is 6.58. The number of nitro groups is 1. The molecular formula is C19H15N9O5. The highest BCUT2D eigenvalue weighted by Gasteiger charge is 2.25. The molecule has 14 nitrogen and oxygen atoms in total. The Bertz CT molecular complexity index is 1350. The van der Waals surface area contributed by atoms with Crippen LogP contribution in [0.25, 0.3) is 23.2 Å². The van der Waals surface area contributed by atoms with Crippen LogP contribution < -0.4 is 11.2 Å². The van der Waals surface area contributed by atoms with Gasteiger partial charge >= 0.3 is 0 Å². The minimum atomic E-state index is -0.688. The molecule has 0 radical (unpaired) electrons. The first-order valence-corrected chi connectivity index (χ1v) is 9.28. The molecule has 4 rings (SSSR count). The molecule has 0 saturated carbocycles. The van der Waals surface area contributed by atoms with E-state index >= 15 is 0 Å². The van der Waals surface area contributed by atoms with E-state index in [1.165, 1.54) is 36.7 Å². The zero-order chi connectivity index (χ0) is 23.4.